The van der Waals surface area contributed by atoms with Gasteiger partial charge in [-0.2, -0.15) is 0 Å². The second-order valence-corrected chi connectivity index (χ2v) is 9.41. The van der Waals surface area contributed by atoms with E-state index in [2.05, 4.69) is 4.72 Å². The van der Waals surface area contributed by atoms with Crippen LogP contribution in [0.3, 0.4) is 0 Å². The molecule has 0 radical (unpaired) electrons. The van der Waals surface area contributed by atoms with Gasteiger partial charge in [0.15, 0.2) is 23.1 Å². The molecule has 3 aromatic rings. The maximum atomic E-state index is 14.9. The number of rotatable bonds is 9. The predicted octanol–water partition coefficient (Wildman–Crippen LogP) is 6.14. The van der Waals surface area contributed by atoms with Crippen molar-refractivity contribution in [3.63, 3.8) is 0 Å². The summed E-state index contributed by atoms with van der Waals surface area (Å²) in [6.45, 7) is 0. The first kappa shape index (κ1) is 26.5. The Kier molecular flexibility index (Phi) is 8.37. The van der Waals surface area contributed by atoms with Crippen LogP contribution in [0, 0.1) is 5.82 Å². The summed E-state index contributed by atoms with van der Waals surface area (Å²) < 4.78 is 64.5. The molecule has 7 nitrogen and oxygen atoms in total. The SMILES string of the molecule is COc1cc(/C=C\c2c(Cl)c(Cl)c(F)c(OC)c2NS(=O)(=O)c2ccccc2)cc(OC)c1OC. The van der Waals surface area contributed by atoms with E-state index in [-0.39, 0.29) is 21.2 Å². The molecular formula is C24H22Cl2FNO6S. The summed E-state index contributed by atoms with van der Waals surface area (Å²) in [7, 11) is 1.50. The summed E-state index contributed by atoms with van der Waals surface area (Å²) in [5.74, 6) is -0.221. The Morgan fingerprint density at radius 1 is 0.829 bits per heavy atom. The fourth-order valence-corrected chi connectivity index (χ4v) is 4.81. The van der Waals surface area contributed by atoms with Crippen molar-refractivity contribution in [3.8, 4) is 23.0 Å². The molecule has 0 fully saturated rings. The first-order chi connectivity index (χ1) is 16.7. The molecule has 0 unspecified atom stereocenters. The van der Waals surface area contributed by atoms with Gasteiger partial charge in [-0.05, 0) is 29.8 Å². The lowest BCUT2D eigenvalue weighted by molar-refractivity contribution is 0.324. The van der Waals surface area contributed by atoms with Crippen LogP contribution in [0.4, 0.5) is 10.1 Å². The van der Waals surface area contributed by atoms with E-state index in [4.69, 9.17) is 42.1 Å². The fourth-order valence-electron chi connectivity index (χ4n) is 3.28. The van der Waals surface area contributed by atoms with Crippen LogP contribution in [-0.2, 0) is 10.0 Å². The average molecular weight is 542 g/mol. The number of hydrogen-bond donors (Lipinski definition) is 1. The summed E-state index contributed by atoms with van der Waals surface area (Å²) in [5.41, 5.74) is 0.460. The zero-order chi connectivity index (χ0) is 25.8. The molecule has 0 aliphatic rings. The minimum absolute atomic E-state index is 0.0342. The van der Waals surface area contributed by atoms with E-state index < -0.39 is 26.6 Å². The molecular weight excluding hydrogens is 520 g/mol. The number of benzene rings is 3. The molecule has 0 saturated heterocycles. The monoisotopic (exact) mass is 541 g/mol. The van der Waals surface area contributed by atoms with Gasteiger partial charge < -0.3 is 18.9 Å². The molecule has 0 aromatic heterocycles. The van der Waals surface area contributed by atoms with Gasteiger partial charge in [-0.1, -0.05) is 53.6 Å². The van der Waals surface area contributed by atoms with Crippen LogP contribution in [0.25, 0.3) is 12.2 Å². The van der Waals surface area contributed by atoms with Crippen molar-refractivity contribution in [1.82, 2.24) is 0 Å². The largest absolute Gasteiger partial charge is 0.493 e. The summed E-state index contributed by atoms with van der Waals surface area (Å²) in [6, 6.07) is 10.9. The summed E-state index contributed by atoms with van der Waals surface area (Å²) in [6.07, 6.45) is 3.07. The van der Waals surface area contributed by atoms with Gasteiger partial charge in [0.1, 0.15) is 5.69 Å². The lowest BCUT2D eigenvalue weighted by Crippen LogP contribution is -2.15. The lowest BCUT2D eigenvalue weighted by atomic mass is 10.1. The van der Waals surface area contributed by atoms with Gasteiger partial charge in [-0.15, -0.1) is 0 Å². The van der Waals surface area contributed by atoms with Gasteiger partial charge in [-0.25, -0.2) is 12.8 Å². The molecule has 0 heterocycles. The van der Waals surface area contributed by atoms with E-state index in [0.717, 1.165) is 0 Å². The van der Waals surface area contributed by atoms with Crippen molar-refractivity contribution < 1.29 is 31.8 Å². The molecule has 0 aliphatic heterocycles. The van der Waals surface area contributed by atoms with Crippen LogP contribution >= 0.6 is 23.2 Å². The Morgan fingerprint density at radius 2 is 1.40 bits per heavy atom. The number of halogens is 3. The second kappa shape index (κ2) is 11.1. The zero-order valence-electron chi connectivity index (χ0n) is 19.2. The third-order valence-electron chi connectivity index (χ3n) is 4.94. The van der Waals surface area contributed by atoms with Gasteiger partial charge in [0.05, 0.1) is 43.4 Å². The van der Waals surface area contributed by atoms with Crippen LogP contribution in [0.15, 0.2) is 47.4 Å². The van der Waals surface area contributed by atoms with Gasteiger partial charge in [0, 0.05) is 5.56 Å². The molecule has 0 atom stereocenters. The van der Waals surface area contributed by atoms with Crippen LogP contribution in [0.5, 0.6) is 23.0 Å². The van der Waals surface area contributed by atoms with Gasteiger partial charge in [0.25, 0.3) is 10.0 Å². The van der Waals surface area contributed by atoms with Gasteiger partial charge >= 0.3 is 0 Å². The molecule has 3 rings (SSSR count). The standard InChI is InChI=1S/C24H22Cl2FNO6S/c1-31-17-12-14(13-18(32-2)23(17)33-3)10-11-16-19(25)20(26)21(27)24(34-4)22(16)28-35(29,30)15-8-6-5-7-9-15/h5-13,28H,1-4H3/b11-10-. The van der Waals surface area contributed by atoms with E-state index in [1.54, 1.807) is 36.4 Å². The number of ether oxygens (including phenoxy) is 4. The van der Waals surface area contributed by atoms with Crippen LogP contribution in [0.2, 0.25) is 10.0 Å². The van der Waals surface area contributed by atoms with E-state index in [1.807, 2.05) is 0 Å². The molecule has 0 spiro atoms. The second-order valence-electron chi connectivity index (χ2n) is 6.97. The molecule has 3 aromatic carbocycles. The lowest BCUT2D eigenvalue weighted by Gasteiger charge is -2.18. The van der Waals surface area contributed by atoms with Crippen molar-refractivity contribution in [2.45, 2.75) is 4.90 Å². The maximum absolute atomic E-state index is 14.9. The van der Waals surface area contributed by atoms with Crippen LogP contribution < -0.4 is 23.7 Å². The minimum atomic E-state index is -4.12. The van der Waals surface area contributed by atoms with Crippen molar-refractivity contribution in [1.29, 1.82) is 0 Å². The molecule has 0 aliphatic carbocycles. The zero-order valence-corrected chi connectivity index (χ0v) is 21.5. The Bertz CT molecular complexity index is 1340. The number of hydrogen-bond acceptors (Lipinski definition) is 6. The highest BCUT2D eigenvalue weighted by atomic mass is 35.5. The van der Waals surface area contributed by atoms with E-state index >= 15 is 0 Å². The molecule has 11 heteroatoms. The highest BCUT2D eigenvalue weighted by Gasteiger charge is 2.26. The fraction of sp³-hybridized carbons (Fsp3) is 0.167. The Labute approximate surface area is 213 Å². The van der Waals surface area contributed by atoms with Crippen molar-refractivity contribution in [2.24, 2.45) is 0 Å². The van der Waals surface area contributed by atoms with E-state index in [1.165, 1.54) is 46.6 Å². The van der Waals surface area contributed by atoms with Crippen LogP contribution in [-0.4, -0.2) is 36.9 Å². The van der Waals surface area contributed by atoms with Gasteiger partial charge in [0.2, 0.25) is 5.75 Å². The normalized spacial score (nSPS) is 11.4. The summed E-state index contributed by atoms with van der Waals surface area (Å²) >= 11 is 12.4. The predicted molar refractivity (Wildman–Crippen MR) is 135 cm³/mol. The third kappa shape index (κ3) is 5.42. The number of sulfonamides is 1. The third-order valence-corrected chi connectivity index (χ3v) is 7.15. The molecule has 186 valence electrons. The van der Waals surface area contributed by atoms with E-state index in [0.29, 0.717) is 22.8 Å². The Morgan fingerprint density at radius 3 is 1.91 bits per heavy atom. The summed E-state index contributed by atoms with van der Waals surface area (Å²) in [5, 5.41) is -0.630. The molecule has 0 saturated carbocycles. The highest BCUT2D eigenvalue weighted by Crippen LogP contribution is 2.44. The van der Waals surface area contributed by atoms with Crippen molar-refractivity contribution in [2.75, 3.05) is 33.2 Å². The highest BCUT2D eigenvalue weighted by molar-refractivity contribution is 7.92. The molecule has 1 N–H and O–H groups in total. The van der Waals surface area contributed by atoms with Gasteiger partial charge in [-0.3, -0.25) is 4.72 Å². The first-order valence-electron chi connectivity index (χ1n) is 9.98. The van der Waals surface area contributed by atoms with Crippen molar-refractivity contribution in [3.05, 3.63) is 69.5 Å². The minimum Gasteiger partial charge on any atom is -0.493 e. The Balaban J connectivity index is 2.19. The van der Waals surface area contributed by atoms with E-state index in [9.17, 15) is 12.8 Å². The quantitative estimate of drug-likeness (QED) is 0.259. The number of methoxy groups -OCH3 is 4. The molecule has 0 bridgehead atoms. The average Bonchev–Trinajstić information content (AvgIpc) is 2.87. The topological polar surface area (TPSA) is 83.1 Å². The molecule has 0 amide bonds. The van der Waals surface area contributed by atoms with Crippen molar-refractivity contribution >= 4 is 51.1 Å². The maximum Gasteiger partial charge on any atom is 0.262 e. The number of anilines is 1. The number of nitrogens with one attached hydrogen (secondary N) is 1. The first-order valence-corrected chi connectivity index (χ1v) is 12.2. The Hall–Kier alpha value is -3.14. The van der Waals surface area contributed by atoms with Crippen LogP contribution in [0.1, 0.15) is 11.1 Å². The summed E-state index contributed by atoms with van der Waals surface area (Å²) in [4.78, 5) is -0.0342. The smallest absolute Gasteiger partial charge is 0.262 e. The molecule has 35 heavy (non-hydrogen) atoms.